The average Bonchev–Trinajstić information content (AvgIpc) is 1.35. The fourth-order valence-electron chi connectivity index (χ4n) is 0. The van der Waals surface area contributed by atoms with Gasteiger partial charge >= 0.3 is 0 Å². The van der Waals surface area contributed by atoms with Gasteiger partial charge in [0.05, 0.1) is 10.4 Å². The number of hydrogen-bond donors (Lipinski definition) is 2. The molecule has 6 heteroatoms. The van der Waals surface area contributed by atoms with E-state index in [1.807, 2.05) is 4.39 Å². The highest BCUT2D eigenvalue weighted by atomic mass is 32.2. The molecule has 0 heterocycles. The predicted molar refractivity (Wildman–Crippen MR) is 26.2 cm³/mol. The van der Waals surface area contributed by atoms with Gasteiger partial charge in [-0.2, -0.15) is 8.42 Å². The summed E-state index contributed by atoms with van der Waals surface area (Å²) in [5.74, 6) is 0. The first-order chi connectivity index (χ1) is 2.56. The lowest BCUT2D eigenvalue weighted by atomic mass is 13.9. The Balaban J connectivity index is 3.85. The largest absolute Gasteiger partial charge is 0.267 e. The molecule has 0 unspecified atom stereocenters. The van der Waals surface area contributed by atoms with Crippen molar-refractivity contribution in [1.29, 1.82) is 0 Å². The van der Waals surface area contributed by atoms with Crippen molar-refractivity contribution in [2.45, 2.75) is 0 Å². The minimum absolute atomic E-state index is 0.385. The number of nitrogens with one attached hydrogen (secondary N) is 1. The molecule has 0 bridgehead atoms. The molecule has 4 nitrogen and oxygen atoms in total. The van der Waals surface area contributed by atoms with Crippen LogP contribution >= 0.6 is 0 Å². The lowest BCUT2D eigenvalue weighted by molar-refractivity contribution is 0.595. The van der Waals surface area contributed by atoms with Crippen LogP contribution in [0.25, 0.3) is 0 Å². The molecule has 0 aliphatic carbocycles. The van der Waals surface area contributed by atoms with Gasteiger partial charge in [-0.05, 0) is 0 Å². The summed E-state index contributed by atoms with van der Waals surface area (Å²) in [6.45, 7) is 0. The molecule has 0 aliphatic rings. The van der Waals surface area contributed by atoms with Gasteiger partial charge < -0.3 is 0 Å². The minimum Gasteiger partial charge on any atom is -0.235 e. The molecule has 3 N–H and O–H groups in total. The predicted octanol–water partition coefficient (Wildman–Crippen LogP) is -2.94. The van der Waals surface area contributed by atoms with Gasteiger partial charge in [0.2, 0.25) is 0 Å². The summed E-state index contributed by atoms with van der Waals surface area (Å²) in [7, 11) is -2.97. The third kappa shape index (κ3) is 4.09. The fourth-order valence-corrected chi connectivity index (χ4v) is 0. The van der Waals surface area contributed by atoms with E-state index in [1.165, 1.54) is 0 Å². The zero-order valence-corrected chi connectivity index (χ0v) is 6.12. The van der Waals surface area contributed by atoms with E-state index in [9.17, 15) is 8.42 Å². The van der Waals surface area contributed by atoms with Crippen LogP contribution in [0.5, 0.6) is 0 Å². The van der Waals surface area contributed by atoms with E-state index in [0.717, 1.165) is 0 Å². The molecule has 0 aromatic heterocycles. The third-order valence-corrected chi connectivity index (χ3v) is 2.56. The fraction of sp³-hybridized carbons (Fsp3) is 0. The summed E-state index contributed by atoms with van der Waals surface area (Å²) in [5, 5.41) is 4.43. The van der Waals surface area contributed by atoms with E-state index in [4.69, 9.17) is 0 Å². The maximum Gasteiger partial charge on any atom is 0.267 e. The van der Waals surface area contributed by atoms with Gasteiger partial charge in [0.1, 0.15) is 0 Å². The second kappa shape index (κ2) is 1.69. The van der Waals surface area contributed by atoms with Gasteiger partial charge in [-0.3, -0.25) is 0 Å². The zero-order valence-electron chi connectivity index (χ0n) is 3.30. The third-order valence-electron chi connectivity index (χ3n) is 0.285. The molecule has 0 aromatic rings. The van der Waals surface area contributed by atoms with Crippen molar-refractivity contribution in [2.24, 2.45) is 5.14 Å². The number of rotatable bonds is 1. The summed E-state index contributed by atoms with van der Waals surface area (Å²) >= 11 is 0. The molecule has 0 atom stereocenters. The second-order valence-corrected chi connectivity index (χ2v) is 3.47. The highest BCUT2D eigenvalue weighted by Gasteiger charge is 1.88. The molecule has 0 saturated carbocycles. The molecule has 0 saturated heterocycles. The maximum absolute atomic E-state index is 9.70. The zero-order chi connectivity index (χ0) is 5.21. The Kier molecular flexibility index (Phi) is 1.72. The Morgan fingerprint density at radius 1 is 1.67 bits per heavy atom. The van der Waals surface area contributed by atoms with Gasteiger partial charge in [-0.1, -0.05) is 0 Å². The SMILES string of the molecule is NS(=O)(=O)N[SiH3]. The van der Waals surface area contributed by atoms with Crippen LogP contribution in [0, 0.1) is 0 Å². The van der Waals surface area contributed by atoms with Crippen LogP contribution in [0.1, 0.15) is 0 Å². The lowest BCUT2D eigenvalue weighted by Gasteiger charge is -1.85. The summed E-state index contributed by atoms with van der Waals surface area (Å²) < 4.78 is 21.4. The van der Waals surface area contributed by atoms with Crippen molar-refractivity contribution in [1.82, 2.24) is 4.39 Å². The Hall–Kier alpha value is 0.0869. The van der Waals surface area contributed by atoms with Gasteiger partial charge in [0.25, 0.3) is 10.2 Å². The molecule has 38 valence electrons. The molecular weight excluding hydrogens is 120 g/mol. The molecule has 0 amide bonds. The maximum atomic E-state index is 9.70. The van der Waals surface area contributed by atoms with Crippen LogP contribution in [0.2, 0.25) is 0 Å². The molecule has 6 heavy (non-hydrogen) atoms. The van der Waals surface area contributed by atoms with E-state index in [2.05, 4.69) is 5.14 Å². The average molecular weight is 126 g/mol. The van der Waals surface area contributed by atoms with Crippen LogP contribution in [0.4, 0.5) is 0 Å². The molecule has 0 radical (unpaired) electrons. The molecule has 0 fully saturated rings. The Morgan fingerprint density at radius 2 is 1.83 bits per heavy atom. The van der Waals surface area contributed by atoms with Gasteiger partial charge in [-0.15, -0.1) is 0 Å². The summed E-state index contributed by atoms with van der Waals surface area (Å²) in [6, 6.07) is 0. The monoisotopic (exact) mass is 126 g/mol. The standard InChI is InChI=1S/H6N2O2SSi/c1-5(3,4)2-6/h2H,6H3,(H2,1,3,4). The van der Waals surface area contributed by atoms with Gasteiger partial charge in [0, 0.05) is 0 Å². The minimum atomic E-state index is -3.35. The van der Waals surface area contributed by atoms with Crippen molar-refractivity contribution in [2.75, 3.05) is 0 Å². The van der Waals surface area contributed by atoms with Gasteiger partial charge in [0.15, 0.2) is 0 Å². The molecule has 0 spiro atoms. The van der Waals surface area contributed by atoms with E-state index < -0.39 is 10.2 Å². The van der Waals surface area contributed by atoms with Gasteiger partial charge in [-0.25, -0.2) is 9.53 Å². The lowest BCUT2D eigenvalue weighted by Crippen LogP contribution is -2.27. The first-order valence-electron chi connectivity index (χ1n) is 1.27. The topological polar surface area (TPSA) is 72.2 Å². The summed E-state index contributed by atoms with van der Waals surface area (Å²) in [4.78, 5) is 0. The normalized spacial score (nSPS) is 12.2. The van der Waals surface area contributed by atoms with E-state index in [-0.39, 0.29) is 0 Å². The Morgan fingerprint density at radius 3 is 1.83 bits per heavy atom. The summed E-state index contributed by atoms with van der Waals surface area (Å²) in [5.41, 5.74) is 0. The van der Waals surface area contributed by atoms with Crippen molar-refractivity contribution in [3.8, 4) is 0 Å². The van der Waals surface area contributed by atoms with E-state index in [1.54, 1.807) is 0 Å². The van der Waals surface area contributed by atoms with Crippen molar-refractivity contribution in [3.05, 3.63) is 0 Å². The smallest absolute Gasteiger partial charge is 0.235 e. The highest BCUT2D eigenvalue weighted by Crippen LogP contribution is 1.52. The quantitative estimate of drug-likeness (QED) is 0.369. The van der Waals surface area contributed by atoms with Crippen molar-refractivity contribution < 1.29 is 8.42 Å². The van der Waals surface area contributed by atoms with E-state index in [0.29, 0.717) is 10.4 Å². The van der Waals surface area contributed by atoms with Crippen molar-refractivity contribution >= 4 is 20.6 Å². The Bertz CT molecular complexity index is 114. The molecular formula is H6N2O2SSi. The Labute approximate surface area is 39.4 Å². The van der Waals surface area contributed by atoms with Crippen molar-refractivity contribution in [3.63, 3.8) is 0 Å². The van der Waals surface area contributed by atoms with Crippen LogP contribution in [0.3, 0.4) is 0 Å². The highest BCUT2D eigenvalue weighted by molar-refractivity contribution is 7.88. The number of hydrogen-bond acceptors (Lipinski definition) is 2. The van der Waals surface area contributed by atoms with Crippen LogP contribution in [-0.2, 0) is 10.2 Å². The first kappa shape index (κ1) is 6.09. The van der Waals surface area contributed by atoms with Crippen LogP contribution in [-0.4, -0.2) is 18.8 Å². The summed E-state index contributed by atoms with van der Waals surface area (Å²) in [6.07, 6.45) is 0. The molecule has 0 aromatic carbocycles. The molecule has 0 aliphatic heterocycles. The van der Waals surface area contributed by atoms with E-state index >= 15 is 0 Å². The van der Waals surface area contributed by atoms with Crippen LogP contribution < -0.4 is 9.53 Å². The molecule has 0 rings (SSSR count). The second-order valence-electron chi connectivity index (χ2n) is 0.749. The van der Waals surface area contributed by atoms with Crippen LogP contribution in [0.15, 0.2) is 0 Å². The first-order valence-corrected chi connectivity index (χ1v) is 3.82. The number of nitrogens with two attached hydrogens (primary N) is 1.